The first-order chi connectivity index (χ1) is 9.88. The summed E-state index contributed by atoms with van der Waals surface area (Å²) >= 11 is 6.09. The summed E-state index contributed by atoms with van der Waals surface area (Å²) in [4.78, 5) is 34.2. The van der Waals surface area contributed by atoms with Gasteiger partial charge in [0.25, 0.3) is 5.91 Å². The quantitative estimate of drug-likeness (QED) is 0.650. The fourth-order valence-electron chi connectivity index (χ4n) is 1.59. The molecule has 0 unspecified atom stereocenters. The Morgan fingerprint density at radius 3 is 2.48 bits per heavy atom. The molecule has 6 nitrogen and oxygen atoms in total. The molecule has 0 aliphatic carbocycles. The van der Waals surface area contributed by atoms with E-state index in [1.165, 1.54) is 19.1 Å². The van der Waals surface area contributed by atoms with Crippen LogP contribution < -0.4 is 5.43 Å². The summed E-state index contributed by atoms with van der Waals surface area (Å²) in [5.41, 5.74) is 3.18. The summed E-state index contributed by atoms with van der Waals surface area (Å²) in [7, 11) is 0. The summed E-state index contributed by atoms with van der Waals surface area (Å²) in [6, 6.07) is 6.08. The number of amides is 2. The van der Waals surface area contributed by atoms with E-state index in [0.717, 1.165) is 16.8 Å². The highest BCUT2D eigenvalue weighted by atomic mass is 32.2. The number of thiocarbonyl (C=S) groups is 1. The Kier molecular flexibility index (Phi) is 4.39. The summed E-state index contributed by atoms with van der Waals surface area (Å²) in [5, 5.41) is 9.83. The van der Waals surface area contributed by atoms with Crippen LogP contribution in [0.2, 0.25) is 0 Å². The van der Waals surface area contributed by atoms with Crippen molar-refractivity contribution in [3.05, 3.63) is 40.3 Å². The molecule has 2 amide bonds. The lowest BCUT2D eigenvalue weighted by Crippen LogP contribution is -2.43. The average Bonchev–Trinajstić information content (AvgIpc) is 2.67. The molecule has 2 N–H and O–H groups in total. The van der Waals surface area contributed by atoms with E-state index in [0.29, 0.717) is 10.5 Å². The van der Waals surface area contributed by atoms with Gasteiger partial charge in [-0.2, -0.15) is 5.01 Å². The molecule has 0 radical (unpaired) electrons. The lowest BCUT2D eigenvalue weighted by Gasteiger charge is -2.13. The van der Waals surface area contributed by atoms with E-state index in [-0.39, 0.29) is 9.88 Å². The first kappa shape index (κ1) is 15.2. The van der Waals surface area contributed by atoms with Crippen LogP contribution in [-0.2, 0) is 9.59 Å². The number of benzene rings is 1. The predicted molar refractivity (Wildman–Crippen MR) is 82.2 cm³/mol. The van der Waals surface area contributed by atoms with E-state index < -0.39 is 17.8 Å². The zero-order valence-corrected chi connectivity index (χ0v) is 12.5. The molecule has 1 aliphatic rings. The molecule has 1 saturated heterocycles. The van der Waals surface area contributed by atoms with Crippen molar-refractivity contribution in [3.63, 3.8) is 0 Å². The number of carboxylic acids is 1. The topological polar surface area (TPSA) is 86.7 Å². The largest absolute Gasteiger partial charge is 0.478 e. The number of rotatable bonds is 3. The summed E-state index contributed by atoms with van der Waals surface area (Å²) in [6.07, 6.45) is 1.59. The maximum atomic E-state index is 12.1. The van der Waals surface area contributed by atoms with Crippen LogP contribution >= 0.6 is 24.0 Å². The van der Waals surface area contributed by atoms with Gasteiger partial charge in [0, 0.05) is 6.92 Å². The number of carbonyl (C=O) groups excluding carboxylic acids is 2. The smallest absolute Gasteiger partial charge is 0.335 e. The molecule has 0 spiro atoms. The molecular weight excluding hydrogens is 312 g/mol. The van der Waals surface area contributed by atoms with Gasteiger partial charge in [0.2, 0.25) is 5.91 Å². The van der Waals surface area contributed by atoms with Crippen LogP contribution in [0.5, 0.6) is 0 Å². The van der Waals surface area contributed by atoms with E-state index in [9.17, 15) is 14.4 Å². The van der Waals surface area contributed by atoms with Crippen molar-refractivity contribution in [2.45, 2.75) is 6.92 Å². The first-order valence-electron chi connectivity index (χ1n) is 5.77. The van der Waals surface area contributed by atoms with E-state index in [1.807, 2.05) is 0 Å². The lowest BCUT2D eigenvalue weighted by atomic mass is 10.1. The molecule has 1 fully saturated rings. The number of nitrogens with zero attached hydrogens (tertiary/aromatic N) is 1. The minimum Gasteiger partial charge on any atom is -0.478 e. The van der Waals surface area contributed by atoms with Gasteiger partial charge in [-0.1, -0.05) is 23.9 Å². The number of hydrogen-bond donors (Lipinski definition) is 2. The van der Waals surface area contributed by atoms with Crippen molar-refractivity contribution in [2.24, 2.45) is 0 Å². The van der Waals surface area contributed by atoms with Crippen molar-refractivity contribution in [3.8, 4) is 0 Å². The Morgan fingerprint density at radius 1 is 1.33 bits per heavy atom. The highest BCUT2D eigenvalue weighted by Gasteiger charge is 2.32. The molecule has 1 aliphatic heterocycles. The molecule has 108 valence electrons. The van der Waals surface area contributed by atoms with Crippen LogP contribution in [-0.4, -0.2) is 32.2 Å². The van der Waals surface area contributed by atoms with Crippen molar-refractivity contribution in [1.29, 1.82) is 0 Å². The number of hydrogen-bond acceptors (Lipinski definition) is 5. The zero-order chi connectivity index (χ0) is 15.6. The molecule has 0 aromatic heterocycles. The van der Waals surface area contributed by atoms with E-state index in [1.54, 1.807) is 18.2 Å². The number of carbonyl (C=O) groups is 3. The fraction of sp³-hybridized carbons (Fsp3) is 0.0769. The van der Waals surface area contributed by atoms with Gasteiger partial charge in [-0.05, 0) is 36.0 Å². The molecule has 21 heavy (non-hydrogen) atoms. The van der Waals surface area contributed by atoms with Crippen LogP contribution in [0.4, 0.5) is 0 Å². The van der Waals surface area contributed by atoms with Crippen LogP contribution in [0.3, 0.4) is 0 Å². The van der Waals surface area contributed by atoms with Gasteiger partial charge in [-0.15, -0.1) is 0 Å². The number of carboxylic acid groups (broad SMARTS) is 1. The van der Waals surface area contributed by atoms with Crippen LogP contribution in [0.25, 0.3) is 6.08 Å². The standard InChI is InChI=1S/C13H10N2O4S2/c1-7(16)14-15-11(17)10(21-13(15)20)6-8-2-4-9(5-3-8)12(18)19/h2-6H,1H3,(H,14,16)(H,18,19)/b10-6-. The third-order valence-corrected chi connectivity index (χ3v) is 3.82. The van der Waals surface area contributed by atoms with E-state index in [4.69, 9.17) is 17.3 Å². The maximum absolute atomic E-state index is 12.1. The fourth-order valence-corrected chi connectivity index (χ4v) is 2.77. The molecule has 1 heterocycles. The summed E-state index contributed by atoms with van der Waals surface area (Å²) in [5.74, 6) is -1.82. The number of nitrogens with one attached hydrogen (secondary N) is 1. The molecule has 1 aromatic carbocycles. The van der Waals surface area contributed by atoms with Gasteiger partial charge in [0.05, 0.1) is 10.5 Å². The second-order valence-corrected chi connectivity index (χ2v) is 5.79. The normalized spacial score (nSPS) is 16.4. The van der Waals surface area contributed by atoms with Crippen LogP contribution in [0, 0.1) is 0 Å². The van der Waals surface area contributed by atoms with Gasteiger partial charge in [-0.3, -0.25) is 15.0 Å². The Morgan fingerprint density at radius 2 is 1.95 bits per heavy atom. The average molecular weight is 322 g/mol. The predicted octanol–water partition coefficient (Wildman–Crippen LogP) is 1.64. The SMILES string of the molecule is CC(=O)NN1C(=O)/C(=C/c2ccc(C(=O)O)cc2)SC1=S. The molecular formula is C13H10N2O4S2. The molecule has 1 aromatic rings. The molecule has 2 rings (SSSR count). The minimum atomic E-state index is -1.02. The lowest BCUT2D eigenvalue weighted by molar-refractivity contribution is -0.131. The van der Waals surface area contributed by atoms with Gasteiger partial charge in [0.1, 0.15) is 0 Å². The molecule has 0 saturated carbocycles. The van der Waals surface area contributed by atoms with Gasteiger partial charge in [0.15, 0.2) is 4.32 Å². The highest BCUT2D eigenvalue weighted by molar-refractivity contribution is 8.26. The number of thioether (sulfide) groups is 1. The number of hydrazine groups is 1. The van der Waals surface area contributed by atoms with Gasteiger partial charge in [-0.25, -0.2) is 4.79 Å². The monoisotopic (exact) mass is 322 g/mol. The zero-order valence-electron chi connectivity index (χ0n) is 10.8. The molecule has 0 bridgehead atoms. The van der Waals surface area contributed by atoms with Crippen molar-refractivity contribution in [2.75, 3.05) is 0 Å². The Bertz CT molecular complexity index is 667. The van der Waals surface area contributed by atoms with E-state index in [2.05, 4.69) is 5.43 Å². The van der Waals surface area contributed by atoms with Gasteiger partial charge < -0.3 is 5.11 Å². The number of aromatic carboxylic acids is 1. The van der Waals surface area contributed by atoms with Crippen molar-refractivity contribution < 1.29 is 19.5 Å². The van der Waals surface area contributed by atoms with Crippen molar-refractivity contribution in [1.82, 2.24) is 10.4 Å². The Labute approximate surface area is 129 Å². The molecule has 0 atom stereocenters. The maximum Gasteiger partial charge on any atom is 0.335 e. The summed E-state index contributed by atoms with van der Waals surface area (Å²) in [6.45, 7) is 1.28. The van der Waals surface area contributed by atoms with E-state index >= 15 is 0 Å². The first-order valence-corrected chi connectivity index (χ1v) is 6.99. The Balaban J connectivity index is 2.22. The van der Waals surface area contributed by atoms with Gasteiger partial charge >= 0.3 is 5.97 Å². The highest BCUT2D eigenvalue weighted by Crippen LogP contribution is 2.31. The Hall–Kier alpha value is -2.19. The van der Waals surface area contributed by atoms with Crippen LogP contribution in [0.1, 0.15) is 22.8 Å². The van der Waals surface area contributed by atoms with Crippen LogP contribution in [0.15, 0.2) is 29.2 Å². The second kappa shape index (κ2) is 6.06. The van der Waals surface area contributed by atoms with Crippen molar-refractivity contribution >= 4 is 52.2 Å². The third kappa shape index (κ3) is 3.47. The second-order valence-electron chi connectivity index (χ2n) is 4.11. The summed E-state index contributed by atoms with van der Waals surface area (Å²) < 4.78 is 0.239. The minimum absolute atomic E-state index is 0.165. The molecule has 8 heteroatoms. The third-order valence-electron chi connectivity index (χ3n) is 2.52.